The summed E-state index contributed by atoms with van der Waals surface area (Å²) in [4.78, 5) is 32.8. The number of aromatic nitrogens is 2. The SMILES string of the molecule is CCCCC(=O)Cl.CCCCC(=O)N1CC2CC2(C#Cc2csc(C)n2)C1.Cc1nc(C#CC23CNCC2C3)cs1. The van der Waals surface area contributed by atoms with Gasteiger partial charge < -0.3 is 10.2 Å². The molecule has 4 unspecified atom stereocenters. The van der Waals surface area contributed by atoms with Crippen LogP contribution in [0.1, 0.15) is 86.6 Å². The lowest BCUT2D eigenvalue weighted by Crippen LogP contribution is -2.31. The van der Waals surface area contributed by atoms with Crippen LogP contribution < -0.4 is 5.32 Å². The van der Waals surface area contributed by atoms with E-state index in [0.29, 0.717) is 30.1 Å². The van der Waals surface area contributed by atoms with Gasteiger partial charge in [0, 0.05) is 48.7 Å². The zero-order chi connectivity index (χ0) is 29.5. The van der Waals surface area contributed by atoms with E-state index in [2.05, 4.69) is 45.9 Å². The normalized spacial score (nSPS) is 26.0. The molecule has 2 aliphatic heterocycles. The van der Waals surface area contributed by atoms with Gasteiger partial charge in [-0.05, 0) is 81.4 Å². The fourth-order valence-electron chi connectivity index (χ4n) is 5.42. The third-order valence-electron chi connectivity index (χ3n) is 8.15. The molecule has 4 fully saturated rings. The number of piperidine rings is 2. The summed E-state index contributed by atoms with van der Waals surface area (Å²) in [5, 5.41) is 9.37. The van der Waals surface area contributed by atoms with Crippen LogP contribution >= 0.6 is 34.3 Å². The first-order valence-corrected chi connectivity index (χ1v) is 16.9. The van der Waals surface area contributed by atoms with Crippen molar-refractivity contribution in [1.82, 2.24) is 20.2 Å². The predicted octanol–water partition coefficient (Wildman–Crippen LogP) is 6.20. The topological polar surface area (TPSA) is 75.2 Å². The van der Waals surface area contributed by atoms with Crippen molar-refractivity contribution in [2.75, 3.05) is 26.2 Å². The van der Waals surface area contributed by atoms with Crippen molar-refractivity contribution in [3.05, 3.63) is 32.2 Å². The summed E-state index contributed by atoms with van der Waals surface area (Å²) >= 11 is 8.32. The number of unbranched alkanes of at least 4 members (excludes halogenated alkanes) is 2. The molecule has 2 saturated heterocycles. The summed E-state index contributed by atoms with van der Waals surface area (Å²) in [6.45, 7) is 12.1. The highest BCUT2D eigenvalue weighted by atomic mass is 35.5. The van der Waals surface area contributed by atoms with Gasteiger partial charge >= 0.3 is 0 Å². The number of hydrogen-bond donors (Lipinski definition) is 1. The minimum atomic E-state index is -0.221. The lowest BCUT2D eigenvalue weighted by atomic mass is 10.1. The minimum absolute atomic E-state index is 0.0827. The standard InChI is InChI=1S/C16H20N2OS.C11H12N2S.C5H9ClO/c1-3-4-5-15(19)18-9-13-8-16(13,11-18)7-6-14-10-20-12(2)17-14;1-8-13-10(6-14-8)2-3-11-4-9(11)5-12-7-11;1-2-3-4-5(6)7/h10,13H,3-5,8-9,11H2,1-2H3;6,9,12H,4-5,7H2,1H3;2-4H2,1H3. The number of likely N-dealkylation sites (tertiary alicyclic amines) is 1. The van der Waals surface area contributed by atoms with Crippen LogP contribution in [-0.2, 0) is 9.59 Å². The van der Waals surface area contributed by atoms with Crippen molar-refractivity contribution in [1.29, 1.82) is 0 Å². The number of hydrogen-bond acceptors (Lipinski definition) is 7. The maximum absolute atomic E-state index is 12.1. The van der Waals surface area contributed by atoms with Gasteiger partial charge in [-0.15, -0.1) is 22.7 Å². The van der Waals surface area contributed by atoms with Crippen molar-refractivity contribution >= 4 is 45.4 Å². The summed E-state index contributed by atoms with van der Waals surface area (Å²) in [6, 6.07) is 0. The molecule has 9 heteroatoms. The second-order valence-electron chi connectivity index (χ2n) is 11.6. The Morgan fingerprint density at radius 2 is 1.56 bits per heavy atom. The maximum atomic E-state index is 12.1. The molecule has 0 radical (unpaired) electrons. The second kappa shape index (κ2) is 14.3. The van der Waals surface area contributed by atoms with Gasteiger partial charge in [0.1, 0.15) is 11.4 Å². The largest absolute Gasteiger partial charge is 0.341 e. The van der Waals surface area contributed by atoms with Gasteiger partial charge in [-0.2, -0.15) is 0 Å². The van der Waals surface area contributed by atoms with Crippen molar-refractivity contribution in [3.8, 4) is 23.7 Å². The molecule has 2 aliphatic carbocycles. The van der Waals surface area contributed by atoms with E-state index in [0.717, 1.165) is 85.6 Å². The molecular weight excluding hydrogens is 572 g/mol. The first-order valence-electron chi connectivity index (χ1n) is 14.8. The van der Waals surface area contributed by atoms with E-state index in [1.165, 1.54) is 6.42 Å². The van der Waals surface area contributed by atoms with Gasteiger partial charge in [-0.25, -0.2) is 9.97 Å². The fraction of sp³-hybridized carbons (Fsp3) is 0.625. The van der Waals surface area contributed by atoms with Crippen molar-refractivity contribution in [2.45, 2.75) is 79.1 Å². The fourth-order valence-corrected chi connectivity index (χ4v) is 6.64. The van der Waals surface area contributed by atoms with E-state index >= 15 is 0 Å². The highest BCUT2D eigenvalue weighted by Gasteiger charge is 2.60. The quantitative estimate of drug-likeness (QED) is 0.311. The lowest BCUT2D eigenvalue weighted by molar-refractivity contribution is -0.130. The molecule has 0 aromatic carbocycles. The Hall–Kier alpha value is -2.23. The number of halogens is 1. The van der Waals surface area contributed by atoms with Crippen LogP contribution in [0.5, 0.6) is 0 Å². The Bertz CT molecular complexity index is 1350. The smallest absolute Gasteiger partial charge is 0.222 e. The number of fused-ring (bicyclic) bond motifs is 2. The highest BCUT2D eigenvalue weighted by Crippen LogP contribution is 2.57. The number of rotatable bonds is 6. The minimum Gasteiger partial charge on any atom is -0.341 e. The molecule has 2 saturated carbocycles. The molecule has 2 aromatic heterocycles. The van der Waals surface area contributed by atoms with Crippen LogP contribution in [0.15, 0.2) is 10.8 Å². The molecule has 6 rings (SSSR count). The van der Waals surface area contributed by atoms with Crippen LogP contribution in [-0.4, -0.2) is 52.2 Å². The molecule has 220 valence electrons. The van der Waals surface area contributed by atoms with Gasteiger partial charge in [0.05, 0.1) is 15.4 Å². The number of nitrogens with one attached hydrogen (secondary N) is 1. The molecule has 4 atom stereocenters. The molecule has 0 bridgehead atoms. The molecule has 4 aliphatic rings. The average Bonchev–Trinajstić information content (AvgIpc) is 3.41. The number of nitrogens with zero attached hydrogens (tertiary/aromatic N) is 3. The summed E-state index contributed by atoms with van der Waals surface area (Å²) in [7, 11) is 0. The van der Waals surface area contributed by atoms with Gasteiger partial charge in [-0.1, -0.05) is 38.5 Å². The Morgan fingerprint density at radius 1 is 0.976 bits per heavy atom. The first kappa shape index (κ1) is 31.7. The van der Waals surface area contributed by atoms with Gasteiger partial charge in [-0.3, -0.25) is 9.59 Å². The van der Waals surface area contributed by atoms with Crippen LogP contribution in [0.3, 0.4) is 0 Å². The molecule has 1 N–H and O–H groups in total. The van der Waals surface area contributed by atoms with Crippen LogP contribution in [0.25, 0.3) is 0 Å². The summed E-state index contributed by atoms with van der Waals surface area (Å²) in [6.07, 6.45) is 7.70. The molecule has 4 heterocycles. The molecule has 1 amide bonds. The van der Waals surface area contributed by atoms with Gasteiger partial charge in [0.25, 0.3) is 0 Å². The highest BCUT2D eigenvalue weighted by molar-refractivity contribution is 7.09. The van der Waals surface area contributed by atoms with Gasteiger partial charge in [0.15, 0.2) is 0 Å². The average molecular weight is 613 g/mol. The third-order valence-corrected chi connectivity index (χ3v) is 9.89. The Morgan fingerprint density at radius 3 is 2.02 bits per heavy atom. The zero-order valence-corrected chi connectivity index (χ0v) is 27.0. The summed E-state index contributed by atoms with van der Waals surface area (Å²) in [5.41, 5.74) is 2.22. The Labute approximate surface area is 258 Å². The zero-order valence-electron chi connectivity index (χ0n) is 24.6. The van der Waals surface area contributed by atoms with Crippen molar-refractivity contribution in [3.63, 3.8) is 0 Å². The molecule has 0 spiro atoms. The predicted molar refractivity (Wildman–Crippen MR) is 168 cm³/mol. The van der Waals surface area contributed by atoms with E-state index in [4.69, 9.17) is 11.6 Å². The van der Waals surface area contributed by atoms with E-state index in [-0.39, 0.29) is 10.7 Å². The lowest BCUT2D eigenvalue weighted by Gasteiger charge is -2.18. The number of carbonyl (C=O) groups is 2. The number of amides is 1. The number of thiazole rings is 2. The Balaban J connectivity index is 0.000000160. The second-order valence-corrected chi connectivity index (χ2v) is 14.1. The first-order chi connectivity index (χ1) is 19.7. The molecule has 6 nitrogen and oxygen atoms in total. The molecule has 41 heavy (non-hydrogen) atoms. The van der Waals surface area contributed by atoms with Crippen molar-refractivity contribution in [2.24, 2.45) is 22.7 Å². The third kappa shape index (κ3) is 8.88. The van der Waals surface area contributed by atoms with Crippen molar-refractivity contribution < 1.29 is 9.59 Å². The van der Waals surface area contributed by atoms with E-state index in [9.17, 15) is 9.59 Å². The monoisotopic (exact) mass is 612 g/mol. The van der Waals surface area contributed by atoms with Crippen LogP contribution in [0, 0.1) is 60.2 Å². The number of carbonyl (C=O) groups excluding carboxylic acids is 2. The van der Waals surface area contributed by atoms with Gasteiger partial charge in [0.2, 0.25) is 11.1 Å². The summed E-state index contributed by atoms with van der Waals surface area (Å²) < 4.78 is 0. The molecular formula is C32H41ClN4O2S2. The maximum Gasteiger partial charge on any atom is 0.222 e. The van der Waals surface area contributed by atoms with E-state index < -0.39 is 0 Å². The van der Waals surface area contributed by atoms with E-state index in [1.54, 1.807) is 22.7 Å². The van der Waals surface area contributed by atoms with Crippen LogP contribution in [0.2, 0.25) is 0 Å². The van der Waals surface area contributed by atoms with Crippen LogP contribution in [0.4, 0.5) is 0 Å². The Kier molecular flexibility index (Phi) is 11.1. The molecule has 2 aromatic rings. The number of aryl methyl sites for hydroxylation is 2. The van der Waals surface area contributed by atoms with E-state index in [1.807, 2.05) is 36.4 Å². The summed E-state index contributed by atoms with van der Waals surface area (Å²) in [5.74, 6) is 14.9.